The number of benzene rings is 1. The molecular formula is C19H26FN3O3. The minimum Gasteiger partial charge on any atom is -0.370 e. The molecule has 2 rings (SSSR count). The molecule has 1 aliphatic heterocycles. The van der Waals surface area contributed by atoms with E-state index in [-0.39, 0.29) is 48.9 Å². The van der Waals surface area contributed by atoms with Gasteiger partial charge in [0.15, 0.2) is 0 Å². The second-order valence-corrected chi connectivity index (χ2v) is 7.02. The van der Waals surface area contributed by atoms with Crippen molar-refractivity contribution in [3.05, 3.63) is 35.6 Å². The van der Waals surface area contributed by atoms with E-state index in [0.717, 1.165) is 5.56 Å². The molecule has 7 heteroatoms. The number of carbonyl (C=O) groups is 3. The van der Waals surface area contributed by atoms with Crippen LogP contribution in [0.3, 0.4) is 0 Å². The third-order valence-electron chi connectivity index (χ3n) is 4.70. The van der Waals surface area contributed by atoms with Crippen molar-refractivity contribution >= 4 is 17.7 Å². The standard InChI is InChI=1S/C19H26FN3O3/c1-13(2)16-12-22(18(25)8-7-17(21)24)10-9-19(26)23(16)11-14-3-5-15(20)6-4-14/h3-6,13,16H,7-12H2,1-2H3,(H2,21,24). The molecule has 1 unspecified atom stereocenters. The van der Waals surface area contributed by atoms with Gasteiger partial charge in [-0.05, 0) is 23.6 Å². The number of hydrogen-bond donors (Lipinski definition) is 1. The van der Waals surface area contributed by atoms with E-state index in [1.54, 1.807) is 21.9 Å². The summed E-state index contributed by atoms with van der Waals surface area (Å²) in [4.78, 5) is 39.4. The molecule has 0 saturated carbocycles. The van der Waals surface area contributed by atoms with Crippen molar-refractivity contribution in [2.24, 2.45) is 11.7 Å². The minimum absolute atomic E-state index is 0.00885. The Morgan fingerprint density at radius 3 is 2.46 bits per heavy atom. The number of hydrogen-bond acceptors (Lipinski definition) is 3. The summed E-state index contributed by atoms with van der Waals surface area (Å²) in [6.45, 7) is 5.15. The van der Waals surface area contributed by atoms with Crippen LogP contribution in [0.2, 0.25) is 0 Å². The number of amides is 3. The molecule has 0 spiro atoms. The van der Waals surface area contributed by atoms with Crippen LogP contribution >= 0.6 is 0 Å². The van der Waals surface area contributed by atoms with Crippen molar-refractivity contribution in [2.75, 3.05) is 13.1 Å². The van der Waals surface area contributed by atoms with E-state index in [0.29, 0.717) is 19.6 Å². The molecule has 0 radical (unpaired) electrons. The van der Waals surface area contributed by atoms with Gasteiger partial charge in [0.05, 0.1) is 6.04 Å². The predicted molar refractivity (Wildman–Crippen MR) is 95.2 cm³/mol. The maximum atomic E-state index is 13.1. The van der Waals surface area contributed by atoms with E-state index < -0.39 is 5.91 Å². The zero-order chi connectivity index (χ0) is 19.3. The Labute approximate surface area is 153 Å². The van der Waals surface area contributed by atoms with Crippen LogP contribution in [-0.4, -0.2) is 46.7 Å². The molecule has 142 valence electrons. The molecule has 2 N–H and O–H groups in total. The Kier molecular flexibility index (Phi) is 6.71. The molecule has 3 amide bonds. The van der Waals surface area contributed by atoms with E-state index in [9.17, 15) is 18.8 Å². The highest BCUT2D eigenvalue weighted by molar-refractivity contribution is 5.84. The first kappa shape index (κ1) is 19.9. The second-order valence-electron chi connectivity index (χ2n) is 7.02. The maximum Gasteiger partial charge on any atom is 0.224 e. The number of halogens is 1. The molecule has 1 atom stereocenters. The van der Waals surface area contributed by atoms with Gasteiger partial charge < -0.3 is 15.5 Å². The average molecular weight is 363 g/mol. The van der Waals surface area contributed by atoms with E-state index >= 15 is 0 Å². The topological polar surface area (TPSA) is 83.7 Å². The van der Waals surface area contributed by atoms with Crippen molar-refractivity contribution in [3.8, 4) is 0 Å². The third-order valence-corrected chi connectivity index (χ3v) is 4.70. The second kappa shape index (κ2) is 8.78. The highest BCUT2D eigenvalue weighted by Crippen LogP contribution is 2.21. The number of nitrogens with zero attached hydrogens (tertiary/aromatic N) is 2. The average Bonchev–Trinajstić information content (AvgIpc) is 2.75. The van der Waals surface area contributed by atoms with Crippen molar-refractivity contribution < 1.29 is 18.8 Å². The lowest BCUT2D eigenvalue weighted by Gasteiger charge is -2.34. The molecule has 26 heavy (non-hydrogen) atoms. The molecule has 1 aromatic carbocycles. The van der Waals surface area contributed by atoms with Crippen LogP contribution < -0.4 is 5.73 Å². The summed E-state index contributed by atoms with van der Waals surface area (Å²) in [5.41, 5.74) is 5.96. The molecular weight excluding hydrogens is 337 g/mol. The molecule has 1 aromatic rings. The van der Waals surface area contributed by atoms with Crippen molar-refractivity contribution in [3.63, 3.8) is 0 Å². The minimum atomic E-state index is -0.511. The van der Waals surface area contributed by atoms with Crippen molar-refractivity contribution in [2.45, 2.75) is 45.7 Å². The fourth-order valence-corrected chi connectivity index (χ4v) is 3.15. The molecule has 0 bridgehead atoms. The first-order chi connectivity index (χ1) is 12.3. The highest BCUT2D eigenvalue weighted by Gasteiger charge is 2.33. The van der Waals surface area contributed by atoms with E-state index in [4.69, 9.17) is 5.73 Å². The van der Waals surface area contributed by atoms with Gasteiger partial charge in [-0.3, -0.25) is 14.4 Å². The molecule has 1 fully saturated rings. The summed E-state index contributed by atoms with van der Waals surface area (Å²) in [5.74, 6) is -0.877. The van der Waals surface area contributed by atoms with Crippen LogP contribution in [-0.2, 0) is 20.9 Å². The number of primary amides is 1. The Balaban J connectivity index is 2.15. The molecule has 1 aliphatic rings. The van der Waals surface area contributed by atoms with Crippen LogP contribution in [0.4, 0.5) is 4.39 Å². The van der Waals surface area contributed by atoms with Gasteiger partial charge in [0, 0.05) is 38.9 Å². The summed E-state index contributed by atoms with van der Waals surface area (Å²) in [5, 5.41) is 0. The molecule has 6 nitrogen and oxygen atoms in total. The number of nitrogens with two attached hydrogens (primary N) is 1. The molecule has 1 saturated heterocycles. The third kappa shape index (κ3) is 5.28. The van der Waals surface area contributed by atoms with Crippen molar-refractivity contribution in [1.29, 1.82) is 0 Å². The van der Waals surface area contributed by atoms with Crippen LogP contribution in [0.25, 0.3) is 0 Å². The Morgan fingerprint density at radius 2 is 1.88 bits per heavy atom. The summed E-state index contributed by atoms with van der Waals surface area (Å²) < 4.78 is 13.1. The summed E-state index contributed by atoms with van der Waals surface area (Å²) >= 11 is 0. The van der Waals surface area contributed by atoms with E-state index in [2.05, 4.69) is 0 Å². The van der Waals surface area contributed by atoms with Crippen LogP contribution in [0, 0.1) is 11.7 Å². The monoisotopic (exact) mass is 363 g/mol. The lowest BCUT2D eigenvalue weighted by atomic mass is 10.0. The smallest absolute Gasteiger partial charge is 0.224 e. The molecule has 0 aromatic heterocycles. The van der Waals surface area contributed by atoms with Gasteiger partial charge >= 0.3 is 0 Å². The van der Waals surface area contributed by atoms with E-state index in [1.807, 2.05) is 13.8 Å². The summed E-state index contributed by atoms with van der Waals surface area (Å²) in [7, 11) is 0. The van der Waals surface area contributed by atoms with Gasteiger partial charge in [-0.1, -0.05) is 26.0 Å². The normalized spacial score (nSPS) is 18.2. The first-order valence-corrected chi connectivity index (χ1v) is 8.88. The lowest BCUT2D eigenvalue weighted by molar-refractivity contribution is -0.134. The largest absolute Gasteiger partial charge is 0.370 e. The molecule has 1 heterocycles. The molecule has 0 aliphatic carbocycles. The predicted octanol–water partition coefficient (Wildman–Crippen LogP) is 1.68. The van der Waals surface area contributed by atoms with Gasteiger partial charge in [-0.15, -0.1) is 0 Å². The summed E-state index contributed by atoms with van der Waals surface area (Å²) in [6, 6.07) is 5.94. The highest BCUT2D eigenvalue weighted by atomic mass is 19.1. The Hall–Kier alpha value is -2.44. The van der Waals surface area contributed by atoms with Crippen LogP contribution in [0.1, 0.15) is 38.7 Å². The van der Waals surface area contributed by atoms with Gasteiger partial charge in [0.1, 0.15) is 5.82 Å². The van der Waals surface area contributed by atoms with Gasteiger partial charge in [-0.25, -0.2) is 4.39 Å². The number of carbonyl (C=O) groups excluding carboxylic acids is 3. The SMILES string of the molecule is CC(C)C1CN(C(=O)CCC(N)=O)CCC(=O)N1Cc1ccc(F)cc1. The zero-order valence-corrected chi connectivity index (χ0v) is 15.3. The zero-order valence-electron chi connectivity index (χ0n) is 15.3. The van der Waals surface area contributed by atoms with Crippen LogP contribution in [0.15, 0.2) is 24.3 Å². The Morgan fingerprint density at radius 1 is 1.23 bits per heavy atom. The summed E-state index contributed by atoms with van der Waals surface area (Å²) in [6.07, 6.45) is 0.300. The Bertz CT molecular complexity index is 660. The van der Waals surface area contributed by atoms with Gasteiger partial charge in [0.25, 0.3) is 0 Å². The quantitative estimate of drug-likeness (QED) is 0.835. The lowest BCUT2D eigenvalue weighted by Crippen LogP contribution is -2.47. The van der Waals surface area contributed by atoms with E-state index in [1.165, 1.54) is 12.1 Å². The van der Waals surface area contributed by atoms with Crippen molar-refractivity contribution in [1.82, 2.24) is 9.80 Å². The maximum absolute atomic E-state index is 13.1. The van der Waals surface area contributed by atoms with Gasteiger partial charge in [0.2, 0.25) is 17.7 Å². The van der Waals surface area contributed by atoms with Crippen LogP contribution in [0.5, 0.6) is 0 Å². The first-order valence-electron chi connectivity index (χ1n) is 8.88. The fraction of sp³-hybridized carbons (Fsp3) is 0.526. The van der Waals surface area contributed by atoms with Gasteiger partial charge in [-0.2, -0.15) is 0 Å². The fourth-order valence-electron chi connectivity index (χ4n) is 3.15. The number of rotatable bonds is 6.